The molecule has 3 aromatic rings. The summed E-state index contributed by atoms with van der Waals surface area (Å²) in [4.78, 5) is 0. The molecule has 0 saturated heterocycles. The van der Waals surface area contributed by atoms with Crippen molar-refractivity contribution in [3.63, 3.8) is 0 Å². The molecule has 0 unspecified atom stereocenters. The van der Waals surface area contributed by atoms with E-state index < -0.39 is 0 Å². The van der Waals surface area contributed by atoms with E-state index in [1.165, 1.54) is 22.0 Å². The Kier molecular flexibility index (Phi) is 3.93. The second-order valence-electron chi connectivity index (χ2n) is 5.19. The third-order valence-corrected chi connectivity index (χ3v) is 3.77. The number of aromatic nitrogens is 1. The van der Waals surface area contributed by atoms with Crippen LogP contribution in [0.2, 0.25) is 0 Å². The summed E-state index contributed by atoms with van der Waals surface area (Å²) in [5.41, 5.74) is 9.56. The molecule has 0 saturated carbocycles. The molecule has 0 fully saturated rings. The topological polar surface area (TPSA) is 40.2 Å². The Bertz CT molecular complexity index is 746. The normalized spacial score (nSPS) is 11.0. The lowest BCUT2D eigenvalue weighted by atomic mass is 10.1. The van der Waals surface area contributed by atoms with Crippen LogP contribution in [0, 0.1) is 0 Å². The number of nitrogens with zero attached hydrogens (tertiary/aromatic N) is 1. The quantitative estimate of drug-likeness (QED) is 0.779. The van der Waals surface area contributed by atoms with E-state index in [9.17, 15) is 0 Å². The Morgan fingerprint density at radius 1 is 1.10 bits per heavy atom. The highest BCUT2D eigenvalue weighted by molar-refractivity contribution is 5.83. The van der Waals surface area contributed by atoms with E-state index in [1.54, 1.807) is 7.11 Å². The zero-order valence-electron chi connectivity index (χ0n) is 12.3. The van der Waals surface area contributed by atoms with Gasteiger partial charge in [-0.3, -0.25) is 0 Å². The summed E-state index contributed by atoms with van der Waals surface area (Å²) in [6.07, 6.45) is 3.05. The first-order valence-electron chi connectivity index (χ1n) is 7.21. The molecule has 2 N–H and O–H groups in total. The van der Waals surface area contributed by atoms with Crippen LogP contribution in [0.5, 0.6) is 5.75 Å². The molecule has 0 atom stereocenters. The first kappa shape index (κ1) is 13.7. The number of benzene rings is 2. The Balaban J connectivity index is 2.00. The predicted octanol–water partition coefficient (Wildman–Crippen LogP) is 3.20. The van der Waals surface area contributed by atoms with Crippen molar-refractivity contribution in [3.05, 3.63) is 65.9 Å². The summed E-state index contributed by atoms with van der Waals surface area (Å²) in [7, 11) is 1.70. The van der Waals surface area contributed by atoms with Crippen molar-refractivity contribution >= 4 is 10.9 Å². The van der Waals surface area contributed by atoms with Crippen molar-refractivity contribution in [1.29, 1.82) is 0 Å². The highest BCUT2D eigenvalue weighted by Crippen LogP contribution is 2.22. The second-order valence-corrected chi connectivity index (χ2v) is 5.19. The van der Waals surface area contributed by atoms with Crippen LogP contribution in [0.15, 0.2) is 54.7 Å². The maximum Gasteiger partial charge on any atom is 0.119 e. The van der Waals surface area contributed by atoms with E-state index in [2.05, 4.69) is 47.2 Å². The predicted molar refractivity (Wildman–Crippen MR) is 86.8 cm³/mol. The molecule has 108 valence electrons. The number of methoxy groups -OCH3 is 1. The van der Waals surface area contributed by atoms with Crippen LogP contribution in [0.1, 0.15) is 11.1 Å². The largest absolute Gasteiger partial charge is 0.497 e. The molecule has 21 heavy (non-hydrogen) atoms. The average Bonchev–Trinajstić information content (AvgIpc) is 2.92. The van der Waals surface area contributed by atoms with Gasteiger partial charge in [-0.2, -0.15) is 0 Å². The van der Waals surface area contributed by atoms with E-state index >= 15 is 0 Å². The van der Waals surface area contributed by atoms with Gasteiger partial charge in [-0.05, 0) is 47.7 Å². The SMILES string of the molecule is COc1cccc(Cn2ccc3cccc(CCN)c32)c1. The van der Waals surface area contributed by atoms with Crippen LogP contribution in [0.4, 0.5) is 0 Å². The summed E-state index contributed by atoms with van der Waals surface area (Å²) in [5, 5.41) is 1.27. The highest BCUT2D eigenvalue weighted by atomic mass is 16.5. The lowest BCUT2D eigenvalue weighted by Crippen LogP contribution is -2.06. The third-order valence-electron chi connectivity index (χ3n) is 3.77. The summed E-state index contributed by atoms with van der Waals surface area (Å²) in [6, 6.07) is 16.8. The van der Waals surface area contributed by atoms with E-state index in [1.807, 2.05) is 12.1 Å². The summed E-state index contributed by atoms with van der Waals surface area (Å²) in [5.74, 6) is 0.895. The minimum absolute atomic E-state index is 0.670. The third kappa shape index (κ3) is 2.78. The molecule has 0 radical (unpaired) electrons. The van der Waals surface area contributed by atoms with Gasteiger partial charge >= 0.3 is 0 Å². The van der Waals surface area contributed by atoms with Gasteiger partial charge in [0, 0.05) is 12.7 Å². The fraction of sp³-hybridized carbons (Fsp3) is 0.222. The summed E-state index contributed by atoms with van der Waals surface area (Å²) in [6.45, 7) is 1.51. The molecule has 3 heteroatoms. The van der Waals surface area contributed by atoms with Crippen molar-refractivity contribution in [1.82, 2.24) is 4.57 Å². The molecule has 0 bridgehead atoms. The smallest absolute Gasteiger partial charge is 0.119 e. The number of hydrogen-bond donors (Lipinski definition) is 1. The Morgan fingerprint density at radius 3 is 2.76 bits per heavy atom. The molecule has 0 spiro atoms. The Labute approximate surface area is 125 Å². The first-order valence-corrected chi connectivity index (χ1v) is 7.21. The van der Waals surface area contributed by atoms with Crippen molar-refractivity contribution < 1.29 is 4.74 Å². The van der Waals surface area contributed by atoms with Gasteiger partial charge in [0.15, 0.2) is 0 Å². The Morgan fingerprint density at radius 2 is 1.95 bits per heavy atom. The highest BCUT2D eigenvalue weighted by Gasteiger charge is 2.07. The van der Waals surface area contributed by atoms with Crippen molar-refractivity contribution in [2.45, 2.75) is 13.0 Å². The number of nitrogens with two attached hydrogens (primary N) is 1. The fourth-order valence-corrected chi connectivity index (χ4v) is 2.80. The van der Waals surface area contributed by atoms with Crippen LogP contribution in [0.25, 0.3) is 10.9 Å². The van der Waals surface area contributed by atoms with Gasteiger partial charge in [0.25, 0.3) is 0 Å². The van der Waals surface area contributed by atoms with Gasteiger partial charge in [-0.15, -0.1) is 0 Å². The monoisotopic (exact) mass is 280 g/mol. The molecule has 0 aliphatic heterocycles. The minimum Gasteiger partial charge on any atom is -0.497 e. The zero-order valence-corrected chi connectivity index (χ0v) is 12.3. The Hall–Kier alpha value is -2.26. The number of para-hydroxylation sites is 1. The lowest BCUT2D eigenvalue weighted by Gasteiger charge is -2.10. The molecule has 0 aliphatic rings. The summed E-state index contributed by atoms with van der Waals surface area (Å²) >= 11 is 0. The maximum atomic E-state index is 5.74. The molecule has 0 aliphatic carbocycles. The van der Waals surface area contributed by atoms with Crippen molar-refractivity contribution in [2.24, 2.45) is 5.73 Å². The van der Waals surface area contributed by atoms with Crippen LogP contribution in [-0.4, -0.2) is 18.2 Å². The lowest BCUT2D eigenvalue weighted by molar-refractivity contribution is 0.414. The second kappa shape index (κ2) is 6.02. The molecule has 1 aromatic heterocycles. The van der Waals surface area contributed by atoms with E-state index in [4.69, 9.17) is 10.5 Å². The molecule has 3 nitrogen and oxygen atoms in total. The summed E-state index contributed by atoms with van der Waals surface area (Å²) < 4.78 is 7.58. The molecular weight excluding hydrogens is 260 g/mol. The van der Waals surface area contributed by atoms with Crippen LogP contribution in [0.3, 0.4) is 0 Å². The van der Waals surface area contributed by atoms with Crippen molar-refractivity contribution in [2.75, 3.05) is 13.7 Å². The van der Waals surface area contributed by atoms with Crippen LogP contribution in [-0.2, 0) is 13.0 Å². The molecule has 0 amide bonds. The van der Waals surface area contributed by atoms with Gasteiger partial charge in [-0.1, -0.05) is 30.3 Å². The minimum atomic E-state index is 0.670. The zero-order chi connectivity index (χ0) is 14.7. The standard InChI is InChI=1S/C18H20N2O/c1-21-17-7-2-4-14(12-17)13-20-11-9-16-6-3-5-15(8-10-19)18(16)20/h2-7,9,11-12H,8,10,13,19H2,1H3. The van der Waals surface area contributed by atoms with Gasteiger partial charge < -0.3 is 15.0 Å². The number of hydrogen-bond acceptors (Lipinski definition) is 2. The fourth-order valence-electron chi connectivity index (χ4n) is 2.80. The van der Waals surface area contributed by atoms with Gasteiger partial charge in [0.1, 0.15) is 5.75 Å². The first-order chi connectivity index (χ1) is 10.3. The maximum absolute atomic E-state index is 5.74. The van der Waals surface area contributed by atoms with Gasteiger partial charge in [0.05, 0.1) is 12.6 Å². The molecule has 1 heterocycles. The molecular formula is C18H20N2O. The molecule has 3 rings (SSSR count). The van der Waals surface area contributed by atoms with E-state index in [-0.39, 0.29) is 0 Å². The van der Waals surface area contributed by atoms with E-state index in [0.29, 0.717) is 6.54 Å². The average molecular weight is 280 g/mol. The van der Waals surface area contributed by atoms with E-state index in [0.717, 1.165) is 18.7 Å². The number of fused-ring (bicyclic) bond motifs is 1. The number of ether oxygens (including phenoxy) is 1. The van der Waals surface area contributed by atoms with Crippen LogP contribution < -0.4 is 10.5 Å². The van der Waals surface area contributed by atoms with Gasteiger partial charge in [-0.25, -0.2) is 0 Å². The number of rotatable bonds is 5. The van der Waals surface area contributed by atoms with Crippen molar-refractivity contribution in [3.8, 4) is 5.75 Å². The van der Waals surface area contributed by atoms with Gasteiger partial charge in [0.2, 0.25) is 0 Å². The van der Waals surface area contributed by atoms with Crippen LogP contribution >= 0.6 is 0 Å². The molecule has 2 aromatic carbocycles.